The second-order valence-corrected chi connectivity index (χ2v) is 6.34. The van der Waals surface area contributed by atoms with Crippen LogP contribution in [0, 0.1) is 0 Å². The molecule has 1 aliphatic rings. The van der Waals surface area contributed by atoms with Crippen LogP contribution in [0.4, 0.5) is 0 Å². The molecule has 24 heavy (non-hydrogen) atoms. The van der Waals surface area contributed by atoms with Crippen molar-refractivity contribution in [2.24, 2.45) is 0 Å². The van der Waals surface area contributed by atoms with E-state index in [0.717, 1.165) is 42.5 Å². The summed E-state index contributed by atoms with van der Waals surface area (Å²) in [6.45, 7) is 1.55. The first kappa shape index (κ1) is 16.7. The van der Waals surface area contributed by atoms with Crippen LogP contribution in [0.2, 0.25) is 0 Å². The smallest absolute Gasteiger partial charge is 0.254 e. The van der Waals surface area contributed by atoms with Gasteiger partial charge in [0.1, 0.15) is 0 Å². The van der Waals surface area contributed by atoms with E-state index < -0.39 is 0 Å². The van der Waals surface area contributed by atoms with E-state index in [2.05, 4.69) is 17.0 Å². The van der Waals surface area contributed by atoms with Crippen molar-refractivity contribution < 1.29 is 9.53 Å². The highest BCUT2D eigenvalue weighted by molar-refractivity contribution is 6.01. The number of methoxy groups -OCH3 is 1. The van der Waals surface area contributed by atoms with E-state index in [1.807, 2.05) is 42.5 Å². The molecule has 0 bridgehead atoms. The van der Waals surface area contributed by atoms with Crippen molar-refractivity contribution in [1.82, 2.24) is 4.90 Å². The molecule has 0 N–H and O–H groups in total. The summed E-state index contributed by atoms with van der Waals surface area (Å²) >= 11 is 0. The normalized spacial score (nSPS) is 17.7. The van der Waals surface area contributed by atoms with Gasteiger partial charge in [-0.15, -0.1) is 0 Å². The molecule has 3 rings (SSSR count). The molecule has 0 unspecified atom stereocenters. The van der Waals surface area contributed by atoms with Gasteiger partial charge in [-0.05, 0) is 42.9 Å². The minimum Gasteiger partial charge on any atom is -0.385 e. The van der Waals surface area contributed by atoms with Gasteiger partial charge >= 0.3 is 0 Å². The predicted molar refractivity (Wildman–Crippen MR) is 97.0 cm³/mol. The van der Waals surface area contributed by atoms with Gasteiger partial charge in [-0.1, -0.05) is 48.5 Å². The topological polar surface area (TPSA) is 29.5 Å². The van der Waals surface area contributed by atoms with Gasteiger partial charge in [0, 0.05) is 31.9 Å². The van der Waals surface area contributed by atoms with Gasteiger partial charge in [0.25, 0.3) is 5.91 Å². The molecule has 0 aromatic heterocycles. The number of hydrogen-bond donors (Lipinski definition) is 0. The molecule has 1 aliphatic heterocycles. The van der Waals surface area contributed by atoms with Crippen molar-refractivity contribution in [3.63, 3.8) is 0 Å². The highest BCUT2D eigenvalue weighted by atomic mass is 16.5. The van der Waals surface area contributed by atoms with Crippen LogP contribution in [0.15, 0.2) is 54.6 Å². The fourth-order valence-corrected chi connectivity index (χ4v) is 3.52. The first-order valence-electron chi connectivity index (χ1n) is 8.75. The SMILES string of the molecule is COCC[C@H]1CCCCN1C(=O)c1ccccc1-c1ccccc1. The number of amides is 1. The van der Waals surface area contributed by atoms with Crippen LogP contribution in [-0.2, 0) is 4.74 Å². The van der Waals surface area contributed by atoms with Gasteiger partial charge in [0.2, 0.25) is 0 Å². The number of rotatable bonds is 5. The van der Waals surface area contributed by atoms with Crippen LogP contribution in [0.5, 0.6) is 0 Å². The zero-order valence-electron chi connectivity index (χ0n) is 14.3. The minimum atomic E-state index is 0.148. The number of nitrogens with zero attached hydrogens (tertiary/aromatic N) is 1. The van der Waals surface area contributed by atoms with Crippen molar-refractivity contribution in [2.75, 3.05) is 20.3 Å². The molecule has 1 fully saturated rings. The largest absolute Gasteiger partial charge is 0.385 e. The number of carbonyl (C=O) groups excluding carboxylic acids is 1. The third kappa shape index (κ3) is 3.68. The molecule has 0 aliphatic carbocycles. The molecule has 3 heteroatoms. The van der Waals surface area contributed by atoms with Crippen molar-refractivity contribution in [1.29, 1.82) is 0 Å². The average Bonchev–Trinajstić information content (AvgIpc) is 2.67. The van der Waals surface area contributed by atoms with Gasteiger partial charge < -0.3 is 9.64 Å². The fourth-order valence-electron chi connectivity index (χ4n) is 3.52. The van der Waals surface area contributed by atoms with Crippen LogP contribution >= 0.6 is 0 Å². The van der Waals surface area contributed by atoms with E-state index in [9.17, 15) is 4.79 Å². The first-order valence-corrected chi connectivity index (χ1v) is 8.75. The molecule has 0 radical (unpaired) electrons. The van der Waals surface area contributed by atoms with E-state index in [1.165, 1.54) is 6.42 Å². The average molecular weight is 323 g/mol. The Morgan fingerprint density at radius 2 is 1.83 bits per heavy atom. The zero-order valence-corrected chi connectivity index (χ0v) is 14.3. The van der Waals surface area contributed by atoms with Crippen LogP contribution in [0.1, 0.15) is 36.0 Å². The molecular formula is C21H25NO2. The molecule has 0 spiro atoms. The van der Waals surface area contributed by atoms with Crippen molar-refractivity contribution in [2.45, 2.75) is 31.7 Å². The molecule has 1 heterocycles. The maximum atomic E-state index is 13.3. The van der Waals surface area contributed by atoms with Crippen molar-refractivity contribution in [3.05, 3.63) is 60.2 Å². The summed E-state index contributed by atoms with van der Waals surface area (Å²) in [6, 6.07) is 18.4. The van der Waals surface area contributed by atoms with Crippen LogP contribution < -0.4 is 0 Å². The number of benzene rings is 2. The maximum absolute atomic E-state index is 13.3. The quantitative estimate of drug-likeness (QED) is 0.817. The molecule has 2 aromatic carbocycles. The lowest BCUT2D eigenvalue weighted by Gasteiger charge is -2.36. The Morgan fingerprint density at radius 3 is 2.62 bits per heavy atom. The van der Waals surface area contributed by atoms with E-state index in [-0.39, 0.29) is 11.9 Å². The van der Waals surface area contributed by atoms with Gasteiger partial charge in [-0.25, -0.2) is 0 Å². The molecule has 126 valence electrons. The summed E-state index contributed by atoms with van der Waals surface area (Å²) in [5.74, 6) is 0.148. The second kappa shape index (κ2) is 8.11. The zero-order chi connectivity index (χ0) is 16.8. The third-order valence-electron chi connectivity index (χ3n) is 4.79. The molecule has 3 nitrogen and oxygen atoms in total. The maximum Gasteiger partial charge on any atom is 0.254 e. The van der Waals surface area contributed by atoms with E-state index in [4.69, 9.17) is 4.74 Å². The lowest BCUT2D eigenvalue weighted by molar-refractivity contribution is 0.0554. The Labute approximate surface area is 144 Å². The van der Waals surface area contributed by atoms with Gasteiger partial charge in [-0.3, -0.25) is 4.79 Å². The van der Waals surface area contributed by atoms with Crippen LogP contribution in [-0.4, -0.2) is 37.1 Å². The summed E-state index contributed by atoms with van der Waals surface area (Å²) in [4.78, 5) is 15.3. The number of carbonyl (C=O) groups is 1. The molecular weight excluding hydrogens is 298 g/mol. The highest BCUT2D eigenvalue weighted by Crippen LogP contribution is 2.28. The molecule has 1 atom stereocenters. The first-order chi connectivity index (χ1) is 11.8. The fraction of sp³-hybridized carbons (Fsp3) is 0.381. The van der Waals surface area contributed by atoms with Crippen molar-refractivity contribution in [3.8, 4) is 11.1 Å². The molecule has 0 saturated carbocycles. The molecule has 1 saturated heterocycles. The lowest BCUT2D eigenvalue weighted by Crippen LogP contribution is -2.44. The van der Waals surface area contributed by atoms with Crippen LogP contribution in [0.25, 0.3) is 11.1 Å². The number of ether oxygens (including phenoxy) is 1. The highest BCUT2D eigenvalue weighted by Gasteiger charge is 2.28. The monoisotopic (exact) mass is 323 g/mol. The summed E-state index contributed by atoms with van der Waals surface area (Å²) in [5, 5.41) is 0. The standard InChI is InChI=1S/C21H25NO2/c1-24-16-14-18-11-7-8-15-22(18)21(23)20-13-6-5-12-19(20)17-9-3-2-4-10-17/h2-6,9-10,12-13,18H,7-8,11,14-16H2,1H3/t18-/m1/s1. The molecule has 1 amide bonds. The summed E-state index contributed by atoms with van der Waals surface area (Å²) in [7, 11) is 1.72. The summed E-state index contributed by atoms with van der Waals surface area (Å²) in [5.41, 5.74) is 2.90. The van der Waals surface area contributed by atoms with E-state index in [0.29, 0.717) is 6.61 Å². The van der Waals surface area contributed by atoms with Crippen molar-refractivity contribution >= 4 is 5.91 Å². The Kier molecular flexibility index (Phi) is 5.65. The van der Waals surface area contributed by atoms with Gasteiger partial charge in [0.05, 0.1) is 0 Å². The number of hydrogen-bond acceptors (Lipinski definition) is 2. The molecule has 2 aromatic rings. The van der Waals surface area contributed by atoms with E-state index >= 15 is 0 Å². The summed E-state index contributed by atoms with van der Waals surface area (Å²) in [6.07, 6.45) is 4.26. The summed E-state index contributed by atoms with van der Waals surface area (Å²) < 4.78 is 5.23. The number of likely N-dealkylation sites (tertiary alicyclic amines) is 1. The van der Waals surface area contributed by atoms with Gasteiger partial charge in [-0.2, -0.15) is 0 Å². The second-order valence-electron chi connectivity index (χ2n) is 6.34. The Morgan fingerprint density at radius 1 is 1.08 bits per heavy atom. The Balaban J connectivity index is 1.89. The third-order valence-corrected chi connectivity index (χ3v) is 4.79. The Hall–Kier alpha value is -2.13. The minimum absolute atomic E-state index is 0.148. The van der Waals surface area contributed by atoms with Crippen LogP contribution in [0.3, 0.4) is 0 Å². The van der Waals surface area contributed by atoms with Gasteiger partial charge in [0.15, 0.2) is 0 Å². The predicted octanol–water partition coefficient (Wildman–Crippen LogP) is 4.38. The lowest BCUT2D eigenvalue weighted by atomic mass is 9.95. The number of piperidine rings is 1. The van der Waals surface area contributed by atoms with E-state index in [1.54, 1.807) is 7.11 Å². The Bertz CT molecular complexity index is 669.